The van der Waals surface area contributed by atoms with E-state index in [9.17, 15) is 0 Å². The maximum Gasteiger partial charge on any atom is 0.0989 e. The molecule has 1 saturated carbocycles. The standard InChI is InChI=1S/C13H18N2OS/c14-6-11-12(7-1-2-7)15-13(17-11)9-5-8-3-4-10(9)16-8/h7-10H,1-6,14H2. The van der Waals surface area contributed by atoms with Gasteiger partial charge in [-0.1, -0.05) is 0 Å². The van der Waals surface area contributed by atoms with Crippen molar-refractivity contribution < 1.29 is 4.74 Å². The minimum atomic E-state index is 0.448. The zero-order chi connectivity index (χ0) is 11.4. The highest BCUT2D eigenvalue weighted by Crippen LogP contribution is 2.48. The maximum atomic E-state index is 5.93. The van der Waals surface area contributed by atoms with Gasteiger partial charge in [0.1, 0.15) is 0 Å². The second kappa shape index (κ2) is 3.77. The molecule has 3 nitrogen and oxygen atoms in total. The van der Waals surface area contributed by atoms with E-state index in [-0.39, 0.29) is 0 Å². The molecule has 2 N–H and O–H groups in total. The summed E-state index contributed by atoms with van der Waals surface area (Å²) in [6.45, 7) is 0.658. The zero-order valence-corrected chi connectivity index (χ0v) is 10.7. The van der Waals surface area contributed by atoms with Crippen molar-refractivity contribution in [2.24, 2.45) is 5.73 Å². The number of rotatable bonds is 3. The molecule has 92 valence electrons. The van der Waals surface area contributed by atoms with Crippen LogP contribution in [0.1, 0.15) is 59.5 Å². The van der Waals surface area contributed by atoms with Crippen molar-refractivity contribution in [3.8, 4) is 0 Å². The Hall–Kier alpha value is -0.450. The second-order valence-corrected chi connectivity index (χ2v) is 6.67. The predicted molar refractivity (Wildman–Crippen MR) is 67.2 cm³/mol. The molecule has 3 unspecified atom stereocenters. The normalized spacial score (nSPS) is 35.7. The van der Waals surface area contributed by atoms with Crippen LogP contribution < -0.4 is 5.73 Å². The summed E-state index contributed by atoms with van der Waals surface area (Å²) >= 11 is 1.85. The number of hydrogen-bond acceptors (Lipinski definition) is 4. The molecule has 2 bridgehead atoms. The van der Waals surface area contributed by atoms with Gasteiger partial charge in [0.05, 0.1) is 22.9 Å². The Balaban J connectivity index is 1.65. The zero-order valence-electron chi connectivity index (χ0n) is 9.89. The second-order valence-electron chi connectivity index (χ2n) is 5.56. The largest absolute Gasteiger partial charge is 0.374 e. The van der Waals surface area contributed by atoms with Gasteiger partial charge in [-0.2, -0.15) is 0 Å². The number of fused-ring (bicyclic) bond motifs is 2. The van der Waals surface area contributed by atoms with Crippen molar-refractivity contribution in [3.63, 3.8) is 0 Å². The van der Waals surface area contributed by atoms with Gasteiger partial charge < -0.3 is 10.5 Å². The molecular formula is C13H18N2OS. The van der Waals surface area contributed by atoms with E-state index in [1.165, 1.54) is 47.7 Å². The Kier molecular flexibility index (Phi) is 2.32. The van der Waals surface area contributed by atoms with Crippen LogP contribution in [-0.2, 0) is 11.3 Å². The molecule has 3 aliphatic rings. The Morgan fingerprint density at radius 1 is 1.29 bits per heavy atom. The number of hydrogen-bond donors (Lipinski definition) is 1. The fourth-order valence-corrected chi connectivity index (χ4v) is 4.46. The van der Waals surface area contributed by atoms with Gasteiger partial charge in [-0.3, -0.25) is 0 Å². The molecule has 2 aliphatic heterocycles. The lowest BCUT2D eigenvalue weighted by molar-refractivity contribution is 0.100. The lowest BCUT2D eigenvalue weighted by Gasteiger charge is -2.15. The first-order valence-electron chi connectivity index (χ1n) is 6.70. The summed E-state index contributed by atoms with van der Waals surface area (Å²) in [7, 11) is 0. The lowest BCUT2D eigenvalue weighted by atomic mass is 9.90. The quantitative estimate of drug-likeness (QED) is 0.896. The molecule has 3 heterocycles. The Bertz CT molecular complexity index is 441. The number of nitrogens with zero attached hydrogens (tertiary/aromatic N) is 1. The van der Waals surface area contributed by atoms with Gasteiger partial charge in [-0.05, 0) is 32.1 Å². The van der Waals surface area contributed by atoms with Crippen molar-refractivity contribution in [1.82, 2.24) is 4.98 Å². The summed E-state index contributed by atoms with van der Waals surface area (Å²) < 4.78 is 5.93. The molecule has 1 aromatic heterocycles. The molecule has 0 spiro atoms. The van der Waals surface area contributed by atoms with Crippen LogP contribution in [0.15, 0.2) is 0 Å². The van der Waals surface area contributed by atoms with Crippen LogP contribution in [-0.4, -0.2) is 17.2 Å². The molecule has 17 heavy (non-hydrogen) atoms. The number of thiazole rings is 1. The molecule has 0 radical (unpaired) electrons. The Morgan fingerprint density at radius 2 is 2.18 bits per heavy atom. The molecule has 2 saturated heterocycles. The van der Waals surface area contributed by atoms with E-state index in [2.05, 4.69) is 0 Å². The number of nitrogens with two attached hydrogens (primary N) is 1. The van der Waals surface area contributed by atoms with Crippen LogP contribution in [0.2, 0.25) is 0 Å². The van der Waals surface area contributed by atoms with Crippen LogP contribution in [0.25, 0.3) is 0 Å². The van der Waals surface area contributed by atoms with Crippen LogP contribution in [0.4, 0.5) is 0 Å². The van der Waals surface area contributed by atoms with Crippen molar-refractivity contribution >= 4 is 11.3 Å². The van der Waals surface area contributed by atoms with Crippen molar-refractivity contribution in [1.29, 1.82) is 0 Å². The van der Waals surface area contributed by atoms with Gasteiger partial charge in [0.15, 0.2) is 0 Å². The minimum Gasteiger partial charge on any atom is -0.374 e. The van der Waals surface area contributed by atoms with Crippen LogP contribution >= 0.6 is 11.3 Å². The van der Waals surface area contributed by atoms with E-state index in [0.717, 1.165) is 5.92 Å². The summed E-state index contributed by atoms with van der Waals surface area (Å²) in [5.74, 6) is 1.29. The summed E-state index contributed by atoms with van der Waals surface area (Å²) in [5.41, 5.74) is 7.16. The van der Waals surface area contributed by atoms with E-state index in [1.54, 1.807) is 0 Å². The van der Waals surface area contributed by atoms with Gasteiger partial charge in [-0.15, -0.1) is 11.3 Å². The molecule has 3 atom stereocenters. The molecule has 3 fully saturated rings. The highest BCUT2D eigenvalue weighted by Gasteiger charge is 2.43. The molecule has 4 heteroatoms. The van der Waals surface area contributed by atoms with Gasteiger partial charge in [0.25, 0.3) is 0 Å². The van der Waals surface area contributed by atoms with Gasteiger partial charge >= 0.3 is 0 Å². The Morgan fingerprint density at radius 3 is 2.76 bits per heavy atom. The lowest BCUT2D eigenvalue weighted by Crippen LogP contribution is -2.14. The average Bonchev–Trinajstić information content (AvgIpc) is 2.81. The van der Waals surface area contributed by atoms with E-state index in [1.807, 2.05) is 11.3 Å². The first kappa shape index (κ1) is 10.5. The summed E-state index contributed by atoms with van der Waals surface area (Å²) in [4.78, 5) is 6.23. The third-order valence-corrected chi connectivity index (χ3v) is 5.54. The third-order valence-electron chi connectivity index (χ3n) is 4.32. The van der Waals surface area contributed by atoms with Gasteiger partial charge in [-0.25, -0.2) is 4.98 Å². The molecule has 0 amide bonds. The average molecular weight is 250 g/mol. The fraction of sp³-hybridized carbons (Fsp3) is 0.769. The van der Waals surface area contributed by atoms with Crippen molar-refractivity contribution in [3.05, 3.63) is 15.6 Å². The molecule has 1 aliphatic carbocycles. The molecular weight excluding hydrogens is 232 g/mol. The van der Waals surface area contributed by atoms with E-state index >= 15 is 0 Å². The smallest absolute Gasteiger partial charge is 0.0989 e. The molecule has 4 rings (SSSR count). The number of aromatic nitrogens is 1. The first-order chi connectivity index (χ1) is 8.35. The summed E-state index contributed by atoms with van der Waals surface area (Å²) in [6, 6.07) is 0. The third kappa shape index (κ3) is 1.65. The van der Waals surface area contributed by atoms with Crippen LogP contribution in [0.5, 0.6) is 0 Å². The molecule has 0 aromatic carbocycles. The SMILES string of the molecule is NCc1sc(C2CC3CCC2O3)nc1C1CC1. The highest BCUT2D eigenvalue weighted by atomic mass is 32.1. The van der Waals surface area contributed by atoms with Crippen molar-refractivity contribution in [2.45, 2.75) is 62.7 Å². The van der Waals surface area contributed by atoms with Gasteiger partial charge in [0.2, 0.25) is 0 Å². The first-order valence-corrected chi connectivity index (χ1v) is 7.52. The maximum absolute atomic E-state index is 5.93. The summed E-state index contributed by atoms with van der Waals surface area (Å²) in [5, 5.41) is 1.31. The van der Waals surface area contributed by atoms with Crippen LogP contribution in [0, 0.1) is 0 Å². The van der Waals surface area contributed by atoms with E-state index in [4.69, 9.17) is 15.5 Å². The van der Waals surface area contributed by atoms with E-state index in [0.29, 0.717) is 24.7 Å². The Labute approximate surface area is 105 Å². The number of ether oxygens (including phenoxy) is 1. The highest BCUT2D eigenvalue weighted by molar-refractivity contribution is 7.11. The fourth-order valence-electron chi connectivity index (χ4n) is 3.26. The van der Waals surface area contributed by atoms with Crippen LogP contribution in [0.3, 0.4) is 0 Å². The minimum absolute atomic E-state index is 0.448. The van der Waals surface area contributed by atoms with Crippen molar-refractivity contribution in [2.75, 3.05) is 0 Å². The van der Waals surface area contributed by atoms with Gasteiger partial charge in [0, 0.05) is 23.3 Å². The molecule has 1 aromatic rings. The van der Waals surface area contributed by atoms with E-state index < -0.39 is 0 Å². The summed E-state index contributed by atoms with van der Waals surface area (Å²) in [6.07, 6.45) is 7.25. The predicted octanol–water partition coefficient (Wildman–Crippen LogP) is 2.51. The monoisotopic (exact) mass is 250 g/mol. The topological polar surface area (TPSA) is 48.1 Å².